The van der Waals surface area contributed by atoms with Crippen LogP contribution in [0.1, 0.15) is 23.5 Å². The number of pyridine rings is 1. The lowest BCUT2D eigenvalue weighted by Gasteiger charge is -2.29. The van der Waals surface area contributed by atoms with E-state index >= 15 is 0 Å². The van der Waals surface area contributed by atoms with Gasteiger partial charge in [-0.1, -0.05) is 12.1 Å². The summed E-state index contributed by atoms with van der Waals surface area (Å²) in [5, 5.41) is 4.01. The number of rotatable bonds is 7. The molecule has 1 saturated heterocycles. The molecule has 2 aromatic carbocycles. The van der Waals surface area contributed by atoms with Crippen molar-refractivity contribution in [2.75, 3.05) is 23.0 Å². The first-order chi connectivity index (χ1) is 17.3. The van der Waals surface area contributed by atoms with Crippen molar-refractivity contribution in [1.29, 1.82) is 0 Å². The molecule has 2 atom stereocenters. The maximum absolute atomic E-state index is 11.6. The smallest absolute Gasteiger partial charge is 0.229 e. The first-order valence-corrected chi connectivity index (χ1v) is 13.5. The van der Waals surface area contributed by atoms with Crippen LogP contribution in [0.3, 0.4) is 0 Å². The molecule has 0 bridgehead atoms. The quantitative estimate of drug-likeness (QED) is 0.349. The molecule has 2 N–H and O–H groups in total. The maximum Gasteiger partial charge on any atom is 0.229 e. The number of hydrogen-bond donors (Lipinski definition) is 2. The molecule has 3 heterocycles. The molecule has 1 fully saturated rings. The predicted octanol–water partition coefficient (Wildman–Crippen LogP) is 4.43. The van der Waals surface area contributed by atoms with Gasteiger partial charge in [-0.05, 0) is 72.9 Å². The predicted molar refractivity (Wildman–Crippen MR) is 145 cm³/mol. The first-order valence-electron chi connectivity index (χ1n) is 11.2. The largest absolute Gasteiger partial charge is 0.497 e. The zero-order valence-electron chi connectivity index (χ0n) is 19.7. The van der Waals surface area contributed by atoms with E-state index in [0.717, 1.165) is 34.8 Å². The highest BCUT2D eigenvalue weighted by Crippen LogP contribution is 2.42. The molecule has 1 aliphatic heterocycles. The second kappa shape index (κ2) is 9.63. The third-order valence-corrected chi connectivity index (χ3v) is 6.88. The van der Waals surface area contributed by atoms with Crippen LogP contribution in [0.5, 0.6) is 5.75 Å². The lowest BCUT2D eigenvalue weighted by molar-refractivity contribution is 0.414. The van der Waals surface area contributed by atoms with E-state index in [4.69, 9.17) is 17.0 Å². The Labute approximate surface area is 215 Å². The molecule has 0 radical (unpaired) electrons. The Balaban J connectivity index is 1.61. The average Bonchev–Trinajstić information content (AvgIpc) is 3.48. The number of anilines is 2. The monoisotopic (exact) mass is 519 g/mol. The summed E-state index contributed by atoms with van der Waals surface area (Å²) in [5.74, 6) is 0.763. The van der Waals surface area contributed by atoms with Crippen LogP contribution in [-0.2, 0) is 10.0 Å². The van der Waals surface area contributed by atoms with Crippen LogP contribution in [-0.4, -0.2) is 36.4 Å². The molecular weight excluding hydrogens is 494 g/mol. The number of nitrogens with zero attached hydrogens (tertiary/aromatic N) is 3. The fraction of sp³-hybridized carbons (Fsp3) is 0.154. The number of methoxy groups -OCH3 is 1. The van der Waals surface area contributed by atoms with Gasteiger partial charge in [-0.2, -0.15) is 0 Å². The van der Waals surface area contributed by atoms with Gasteiger partial charge in [0.05, 0.1) is 25.1 Å². The van der Waals surface area contributed by atoms with E-state index in [2.05, 4.69) is 25.7 Å². The van der Waals surface area contributed by atoms with Gasteiger partial charge in [0, 0.05) is 41.2 Å². The van der Waals surface area contributed by atoms with E-state index in [9.17, 15) is 8.42 Å². The van der Waals surface area contributed by atoms with Crippen molar-refractivity contribution in [1.82, 2.24) is 14.9 Å². The Morgan fingerprint density at radius 1 is 1.00 bits per heavy atom. The van der Waals surface area contributed by atoms with Crippen molar-refractivity contribution in [3.63, 3.8) is 0 Å². The molecular formula is C26H25N5O3S2. The zero-order chi connectivity index (χ0) is 25.3. The highest BCUT2D eigenvalue weighted by Gasteiger charge is 2.42. The molecule has 1 aliphatic rings. The number of nitrogens with one attached hydrogen (secondary N) is 2. The van der Waals surface area contributed by atoms with E-state index in [-0.39, 0.29) is 12.1 Å². The summed E-state index contributed by atoms with van der Waals surface area (Å²) in [5.41, 5.74) is 4.13. The second-order valence-corrected chi connectivity index (χ2v) is 10.6. The summed E-state index contributed by atoms with van der Waals surface area (Å²) >= 11 is 5.82. The molecule has 0 saturated carbocycles. The number of hydrogen-bond acceptors (Lipinski definition) is 5. The van der Waals surface area contributed by atoms with Crippen LogP contribution < -0.4 is 19.7 Å². The number of benzene rings is 2. The van der Waals surface area contributed by atoms with Crippen LogP contribution in [0.15, 0.2) is 91.3 Å². The van der Waals surface area contributed by atoms with E-state index in [1.54, 1.807) is 25.4 Å². The van der Waals surface area contributed by atoms with Crippen molar-refractivity contribution in [3.8, 4) is 11.4 Å². The molecule has 0 amide bonds. The van der Waals surface area contributed by atoms with Crippen LogP contribution in [0.25, 0.3) is 5.69 Å². The highest BCUT2D eigenvalue weighted by molar-refractivity contribution is 7.92. The molecule has 10 heteroatoms. The van der Waals surface area contributed by atoms with Gasteiger partial charge in [-0.25, -0.2) is 8.42 Å². The molecule has 4 aromatic rings. The molecule has 0 spiro atoms. The summed E-state index contributed by atoms with van der Waals surface area (Å²) in [6.07, 6.45) is 4.91. The molecule has 184 valence electrons. The van der Waals surface area contributed by atoms with Crippen LogP contribution in [0.2, 0.25) is 0 Å². The minimum Gasteiger partial charge on any atom is -0.497 e. The normalized spacial score (nSPS) is 17.6. The van der Waals surface area contributed by atoms with E-state index in [1.807, 2.05) is 71.8 Å². The number of ether oxygens (including phenoxy) is 1. The minimum atomic E-state index is -3.38. The van der Waals surface area contributed by atoms with Gasteiger partial charge in [-0.15, -0.1) is 0 Å². The van der Waals surface area contributed by atoms with E-state index in [0.29, 0.717) is 10.8 Å². The molecule has 8 nitrogen and oxygen atoms in total. The lowest BCUT2D eigenvalue weighted by atomic mass is 10.0. The van der Waals surface area contributed by atoms with Gasteiger partial charge in [0.15, 0.2) is 5.11 Å². The minimum absolute atomic E-state index is 0.216. The van der Waals surface area contributed by atoms with Crippen molar-refractivity contribution >= 4 is 38.7 Å². The molecule has 2 unspecified atom stereocenters. The second-order valence-electron chi connectivity index (χ2n) is 8.42. The van der Waals surface area contributed by atoms with Crippen molar-refractivity contribution in [2.24, 2.45) is 0 Å². The first kappa shape index (κ1) is 23.8. The van der Waals surface area contributed by atoms with Gasteiger partial charge < -0.3 is 19.5 Å². The summed E-state index contributed by atoms with van der Waals surface area (Å²) < 4.78 is 33.4. The molecule has 36 heavy (non-hydrogen) atoms. The summed E-state index contributed by atoms with van der Waals surface area (Å²) in [7, 11) is -1.73. The van der Waals surface area contributed by atoms with Crippen LogP contribution in [0, 0.1) is 0 Å². The van der Waals surface area contributed by atoms with Crippen molar-refractivity contribution in [3.05, 3.63) is 103 Å². The Morgan fingerprint density at radius 3 is 2.50 bits per heavy atom. The highest BCUT2D eigenvalue weighted by atomic mass is 32.2. The zero-order valence-corrected chi connectivity index (χ0v) is 21.3. The fourth-order valence-electron chi connectivity index (χ4n) is 4.47. The Morgan fingerprint density at radius 2 is 1.81 bits per heavy atom. The fourth-order valence-corrected chi connectivity index (χ4v) is 5.38. The topological polar surface area (TPSA) is 88.5 Å². The Hall–Kier alpha value is -3.89. The number of sulfonamides is 1. The molecule has 2 aromatic heterocycles. The third kappa shape index (κ3) is 4.77. The van der Waals surface area contributed by atoms with Crippen molar-refractivity contribution < 1.29 is 13.2 Å². The van der Waals surface area contributed by atoms with Gasteiger partial charge in [0.2, 0.25) is 10.0 Å². The molecule has 5 rings (SSSR count). The summed E-state index contributed by atoms with van der Waals surface area (Å²) in [6, 6.07) is 24.5. The summed E-state index contributed by atoms with van der Waals surface area (Å²) in [4.78, 5) is 6.66. The lowest BCUT2D eigenvalue weighted by Crippen LogP contribution is -2.30. The maximum atomic E-state index is 11.6. The Kier molecular flexibility index (Phi) is 6.38. The van der Waals surface area contributed by atoms with Gasteiger partial charge in [0.25, 0.3) is 0 Å². The van der Waals surface area contributed by atoms with Gasteiger partial charge >= 0.3 is 0 Å². The third-order valence-electron chi connectivity index (χ3n) is 5.96. The van der Waals surface area contributed by atoms with Crippen LogP contribution in [0.4, 0.5) is 11.4 Å². The van der Waals surface area contributed by atoms with Crippen LogP contribution >= 0.6 is 12.2 Å². The van der Waals surface area contributed by atoms with Gasteiger partial charge in [0.1, 0.15) is 11.8 Å². The Bertz CT molecular complexity index is 1490. The van der Waals surface area contributed by atoms with E-state index < -0.39 is 10.0 Å². The average molecular weight is 520 g/mol. The van der Waals surface area contributed by atoms with Gasteiger partial charge in [-0.3, -0.25) is 9.71 Å². The number of aromatic nitrogens is 2. The number of thiocarbonyl (C=S) groups is 1. The standard InChI is InChI=1S/C26H25N5O3S2/c1-34-21-8-5-7-20(17-21)30-16-6-10-23(30)25-24(22-9-3-4-15-27-22)28-26(35)31(25)19-13-11-18(12-14-19)29-36(2,32)33/h3-17,24-25,29H,1-2H3,(H,28,35). The van der Waals surface area contributed by atoms with E-state index in [1.165, 1.54) is 0 Å². The summed E-state index contributed by atoms with van der Waals surface area (Å²) in [6.45, 7) is 0. The molecule has 0 aliphatic carbocycles. The SMILES string of the molecule is COc1cccc(-n2cccc2C2C(c3ccccn3)NC(=S)N2c2ccc(NS(C)(=O)=O)cc2)c1. The van der Waals surface area contributed by atoms with Crippen molar-refractivity contribution in [2.45, 2.75) is 12.1 Å².